The number of rotatable bonds is 12. The molecule has 4 aromatic carbocycles. The number of benzene rings is 4. The third-order valence-electron chi connectivity index (χ3n) is 8.54. The Hall–Kier alpha value is -4.94. The first-order valence-electron chi connectivity index (χ1n) is 14.9. The molecular formula is C36H34F2N4O3. The fourth-order valence-corrected chi connectivity index (χ4v) is 6.05. The molecule has 1 unspecified atom stereocenters. The number of carbonyl (C=O) groups excluding carboxylic acids is 3. The van der Waals surface area contributed by atoms with Gasteiger partial charge in [0.05, 0.1) is 29.0 Å². The van der Waals surface area contributed by atoms with Crippen LogP contribution in [-0.4, -0.2) is 56.1 Å². The molecular weight excluding hydrogens is 574 g/mol. The van der Waals surface area contributed by atoms with Crippen molar-refractivity contribution in [1.29, 1.82) is 5.26 Å². The second-order valence-corrected chi connectivity index (χ2v) is 11.3. The highest BCUT2D eigenvalue weighted by molar-refractivity contribution is 6.03. The standard InChI is InChI=1S/C36H34F2N4O3/c1-25-32(37)11-10-31-29(9-13-35(36(25)31)42(24-45)30(23-44)3-2-18-43)19-26-4-6-27(7-5-26)22-40-14-16-41(17-15-40)34-12-8-28(21-39)20-33(34)38/h4-13,18,20,23-24,30H,2-3,14-17,19,22H2,1H3. The van der Waals surface area contributed by atoms with Gasteiger partial charge in [0, 0.05) is 44.5 Å². The maximum absolute atomic E-state index is 14.8. The summed E-state index contributed by atoms with van der Waals surface area (Å²) in [6, 6.07) is 20.8. The summed E-state index contributed by atoms with van der Waals surface area (Å²) in [5.74, 6) is -0.781. The van der Waals surface area contributed by atoms with Gasteiger partial charge < -0.3 is 19.4 Å². The summed E-state index contributed by atoms with van der Waals surface area (Å²) in [6.07, 6.45) is 2.80. The van der Waals surface area contributed by atoms with Gasteiger partial charge in [-0.1, -0.05) is 36.4 Å². The fourth-order valence-electron chi connectivity index (χ4n) is 6.05. The largest absolute Gasteiger partial charge is 0.367 e. The molecule has 0 N–H and O–H groups in total. The molecule has 1 aliphatic heterocycles. The van der Waals surface area contributed by atoms with Gasteiger partial charge in [-0.05, 0) is 77.7 Å². The third kappa shape index (κ3) is 6.92. The highest BCUT2D eigenvalue weighted by Crippen LogP contribution is 2.35. The molecule has 5 rings (SSSR count). The van der Waals surface area contributed by atoms with Gasteiger partial charge in [-0.25, -0.2) is 8.78 Å². The van der Waals surface area contributed by atoms with Crippen molar-refractivity contribution in [2.75, 3.05) is 36.0 Å². The quantitative estimate of drug-likeness (QED) is 0.191. The molecule has 230 valence electrons. The van der Waals surface area contributed by atoms with E-state index in [2.05, 4.69) is 29.2 Å². The van der Waals surface area contributed by atoms with E-state index in [0.29, 0.717) is 66.4 Å². The molecule has 1 atom stereocenters. The van der Waals surface area contributed by atoms with E-state index >= 15 is 0 Å². The summed E-state index contributed by atoms with van der Waals surface area (Å²) in [4.78, 5) is 40.5. The number of anilines is 2. The Bertz CT molecular complexity index is 1740. The van der Waals surface area contributed by atoms with Gasteiger partial charge >= 0.3 is 0 Å². The molecule has 9 heteroatoms. The van der Waals surface area contributed by atoms with Crippen molar-refractivity contribution in [3.63, 3.8) is 0 Å². The lowest BCUT2D eigenvalue weighted by molar-refractivity contribution is -0.113. The number of fused-ring (bicyclic) bond motifs is 1. The van der Waals surface area contributed by atoms with Gasteiger partial charge in [-0.2, -0.15) is 5.26 Å². The predicted molar refractivity (Wildman–Crippen MR) is 170 cm³/mol. The molecule has 7 nitrogen and oxygen atoms in total. The van der Waals surface area contributed by atoms with Crippen molar-refractivity contribution in [1.82, 2.24) is 4.90 Å². The highest BCUT2D eigenvalue weighted by atomic mass is 19.1. The van der Waals surface area contributed by atoms with E-state index in [1.165, 1.54) is 17.0 Å². The maximum atomic E-state index is 14.8. The van der Waals surface area contributed by atoms with Crippen molar-refractivity contribution in [3.8, 4) is 6.07 Å². The van der Waals surface area contributed by atoms with Gasteiger partial charge in [-0.15, -0.1) is 0 Å². The second-order valence-electron chi connectivity index (χ2n) is 11.3. The number of nitriles is 1. The lowest BCUT2D eigenvalue weighted by Crippen LogP contribution is -2.46. The van der Waals surface area contributed by atoms with Crippen LogP contribution in [0.2, 0.25) is 0 Å². The van der Waals surface area contributed by atoms with Crippen LogP contribution in [0.5, 0.6) is 0 Å². The van der Waals surface area contributed by atoms with Crippen LogP contribution in [-0.2, 0) is 27.3 Å². The number of piperazine rings is 1. The zero-order valence-corrected chi connectivity index (χ0v) is 25.1. The number of aldehydes is 2. The summed E-state index contributed by atoms with van der Waals surface area (Å²) < 4.78 is 29.3. The first-order chi connectivity index (χ1) is 21.9. The Morgan fingerprint density at radius 2 is 1.64 bits per heavy atom. The van der Waals surface area contributed by atoms with Crippen molar-refractivity contribution < 1.29 is 23.2 Å². The van der Waals surface area contributed by atoms with Crippen LogP contribution in [0.4, 0.5) is 20.2 Å². The topological polar surface area (TPSA) is 84.7 Å². The molecule has 0 saturated carbocycles. The van der Waals surface area contributed by atoms with Gasteiger partial charge in [0.1, 0.15) is 24.2 Å². The van der Waals surface area contributed by atoms with Crippen LogP contribution < -0.4 is 9.80 Å². The number of nitrogens with zero attached hydrogens (tertiary/aromatic N) is 4. The Balaban J connectivity index is 1.29. The molecule has 1 aliphatic rings. The van der Waals surface area contributed by atoms with Crippen LogP contribution >= 0.6 is 0 Å². The van der Waals surface area contributed by atoms with Crippen LogP contribution in [0, 0.1) is 29.9 Å². The van der Waals surface area contributed by atoms with Gasteiger partial charge in [0.15, 0.2) is 0 Å². The SMILES string of the molecule is Cc1c(F)ccc2c(Cc3ccc(CN4CCN(c5ccc(C#N)cc5F)CC4)cc3)ccc(N(C=O)C(C=O)CCC=O)c12. The van der Waals surface area contributed by atoms with E-state index in [-0.39, 0.29) is 18.7 Å². The molecule has 0 aliphatic carbocycles. The summed E-state index contributed by atoms with van der Waals surface area (Å²) in [6.45, 7) is 5.38. The minimum absolute atomic E-state index is 0.127. The smallest absolute Gasteiger partial charge is 0.214 e. The summed E-state index contributed by atoms with van der Waals surface area (Å²) >= 11 is 0. The Labute approximate surface area is 261 Å². The minimum Gasteiger partial charge on any atom is -0.367 e. The number of hydrogen-bond acceptors (Lipinski definition) is 6. The predicted octanol–water partition coefficient (Wildman–Crippen LogP) is 5.72. The Morgan fingerprint density at radius 3 is 2.29 bits per heavy atom. The minimum atomic E-state index is -0.836. The first-order valence-corrected chi connectivity index (χ1v) is 14.9. The highest BCUT2D eigenvalue weighted by Gasteiger charge is 2.23. The van der Waals surface area contributed by atoms with Crippen molar-refractivity contribution >= 4 is 41.1 Å². The van der Waals surface area contributed by atoms with Gasteiger partial charge in [0.2, 0.25) is 6.41 Å². The lowest BCUT2D eigenvalue weighted by atomic mass is 9.93. The second kappa shape index (κ2) is 14.2. The van der Waals surface area contributed by atoms with Gasteiger partial charge in [-0.3, -0.25) is 9.69 Å². The third-order valence-corrected chi connectivity index (χ3v) is 8.54. The van der Waals surface area contributed by atoms with Gasteiger partial charge in [0.25, 0.3) is 0 Å². The number of amides is 1. The Kier molecular flexibility index (Phi) is 9.95. The molecule has 0 radical (unpaired) electrons. The van der Waals surface area contributed by atoms with Crippen LogP contribution in [0.15, 0.2) is 66.7 Å². The Morgan fingerprint density at radius 1 is 0.911 bits per heavy atom. The van der Waals surface area contributed by atoms with Crippen LogP contribution in [0.1, 0.15) is 40.7 Å². The van der Waals surface area contributed by atoms with E-state index in [0.717, 1.165) is 41.7 Å². The monoisotopic (exact) mass is 608 g/mol. The molecule has 0 spiro atoms. The van der Waals surface area contributed by atoms with Crippen LogP contribution in [0.3, 0.4) is 0 Å². The molecule has 1 saturated heterocycles. The fraction of sp³-hybridized carbons (Fsp3) is 0.278. The summed E-state index contributed by atoms with van der Waals surface area (Å²) in [5, 5.41) is 10.3. The molecule has 1 heterocycles. The average molecular weight is 609 g/mol. The number of carbonyl (C=O) groups is 3. The zero-order chi connectivity index (χ0) is 31.9. The average Bonchev–Trinajstić information content (AvgIpc) is 3.06. The summed E-state index contributed by atoms with van der Waals surface area (Å²) in [5.41, 5.74) is 4.84. The molecule has 0 aromatic heterocycles. The lowest BCUT2D eigenvalue weighted by Gasteiger charge is -2.36. The van der Waals surface area contributed by atoms with Crippen molar-refractivity contribution in [2.45, 2.75) is 38.8 Å². The van der Waals surface area contributed by atoms with E-state index in [1.54, 1.807) is 31.2 Å². The van der Waals surface area contributed by atoms with Crippen molar-refractivity contribution in [3.05, 3.63) is 106 Å². The number of aryl methyl sites for hydroxylation is 1. The molecule has 1 amide bonds. The molecule has 45 heavy (non-hydrogen) atoms. The molecule has 0 bridgehead atoms. The zero-order valence-electron chi connectivity index (χ0n) is 25.1. The van der Waals surface area contributed by atoms with Crippen molar-refractivity contribution in [2.24, 2.45) is 0 Å². The number of hydrogen-bond donors (Lipinski definition) is 0. The first kappa shape index (κ1) is 31.5. The summed E-state index contributed by atoms with van der Waals surface area (Å²) in [7, 11) is 0. The molecule has 1 fully saturated rings. The molecule has 4 aromatic rings. The van der Waals surface area contributed by atoms with E-state index in [4.69, 9.17) is 5.26 Å². The van der Waals surface area contributed by atoms with E-state index in [1.807, 2.05) is 17.0 Å². The van der Waals surface area contributed by atoms with E-state index in [9.17, 15) is 23.2 Å². The van der Waals surface area contributed by atoms with Crippen LogP contribution in [0.25, 0.3) is 10.8 Å². The maximum Gasteiger partial charge on any atom is 0.214 e. The normalized spacial score (nSPS) is 14.1. The number of halogens is 2. The van der Waals surface area contributed by atoms with E-state index < -0.39 is 11.9 Å².